The summed E-state index contributed by atoms with van der Waals surface area (Å²) >= 11 is 0. The summed E-state index contributed by atoms with van der Waals surface area (Å²) in [6.07, 6.45) is 5.60. The van der Waals surface area contributed by atoms with Crippen molar-refractivity contribution >= 4 is 6.03 Å². The molecule has 3 rings (SSSR count). The van der Waals surface area contributed by atoms with Gasteiger partial charge in [0.15, 0.2) is 0 Å². The van der Waals surface area contributed by atoms with Crippen LogP contribution >= 0.6 is 0 Å². The summed E-state index contributed by atoms with van der Waals surface area (Å²) in [5.41, 5.74) is 0.917. The SMILES string of the molecule is O=C(N[C@H](C[C@H]1CCOC1)c1ccccc1)NC1(CCO)CCC1. The van der Waals surface area contributed by atoms with Crippen LogP contribution in [0.15, 0.2) is 30.3 Å². The predicted molar refractivity (Wildman–Crippen MR) is 92.7 cm³/mol. The van der Waals surface area contributed by atoms with Gasteiger partial charge in [-0.1, -0.05) is 30.3 Å². The number of rotatable bonds is 7. The molecule has 2 fully saturated rings. The van der Waals surface area contributed by atoms with Crippen molar-refractivity contribution in [1.82, 2.24) is 10.6 Å². The minimum atomic E-state index is -0.212. The minimum Gasteiger partial charge on any atom is -0.396 e. The predicted octanol–water partition coefficient (Wildman–Crippen LogP) is 2.76. The number of amides is 2. The first-order valence-corrected chi connectivity index (χ1v) is 9.03. The van der Waals surface area contributed by atoms with Crippen molar-refractivity contribution in [1.29, 1.82) is 0 Å². The molecule has 0 unspecified atom stereocenters. The smallest absolute Gasteiger partial charge is 0.315 e. The lowest BCUT2D eigenvalue weighted by molar-refractivity contribution is 0.134. The Balaban J connectivity index is 1.63. The average Bonchev–Trinajstić information content (AvgIpc) is 3.06. The molecule has 0 bridgehead atoms. The molecule has 5 heteroatoms. The van der Waals surface area contributed by atoms with Gasteiger partial charge in [0.05, 0.1) is 6.04 Å². The van der Waals surface area contributed by atoms with Gasteiger partial charge in [-0.15, -0.1) is 0 Å². The summed E-state index contributed by atoms with van der Waals surface area (Å²) in [5, 5.41) is 15.5. The number of benzene rings is 1. The third-order valence-electron chi connectivity index (χ3n) is 5.38. The number of hydrogen-bond acceptors (Lipinski definition) is 3. The largest absolute Gasteiger partial charge is 0.396 e. The van der Waals surface area contributed by atoms with Crippen LogP contribution in [0.4, 0.5) is 4.79 Å². The lowest BCUT2D eigenvalue weighted by Crippen LogP contribution is -2.57. The van der Waals surface area contributed by atoms with Crippen molar-refractivity contribution in [2.45, 2.75) is 50.1 Å². The minimum absolute atomic E-state index is 0.0100. The van der Waals surface area contributed by atoms with Crippen LogP contribution in [0.25, 0.3) is 0 Å². The van der Waals surface area contributed by atoms with E-state index in [1.54, 1.807) is 0 Å². The fourth-order valence-corrected chi connectivity index (χ4v) is 3.76. The quantitative estimate of drug-likeness (QED) is 0.719. The molecule has 1 aromatic rings. The Morgan fingerprint density at radius 1 is 1.33 bits per heavy atom. The van der Waals surface area contributed by atoms with Crippen molar-refractivity contribution in [2.24, 2.45) is 5.92 Å². The van der Waals surface area contributed by atoms with Gasteiger partial charge < -0.3 is 20.5 Å². The maximum absolute atomic E-state index is 12.5. The van der Waals surface area contributed by atoms with E-state index in [0.717, 1.165) is 50.9 Å². The summed E-state index contributed by atoms with van der Waals surface area (Å²) in [6, 6.07) is 9.99. The Bertz CT molecular complexity index is 525. The molecule has 1 aromatic carbocycles. The van der Waals surface area contributed by atoms with E-state index in [0.29, 0.717) is 12.3 Å². The van der Waals surface area contributed by atoms with Crippen molar-refractivity contribution in [2.75, 3.05) is 19.8 Å². The molecule has 2 aliphatic rings. The summed E-state index contributed by atoms with van der Waals surface area (Å²) < 4.78 is 5.48. The maximum atomic E-state index is 12.5. The van der Waals surface area contributed by atoms with Crippen LogP contribution in [-0.4, -0.2) is 36.5 Å². The van der Waals surface area contributed by atoms with E-state index in [1.807, 2.05) is 18.2 Å². The van der Waals surface area contributed by atoms with E-state index in [1.165, 1.54) is 0 Å². The van der Waals surface area contributed by atoms with E-state index in [-0.39, 0.29) is 24.2 Å². The molecule has 0 spiro atoms. The Kier molecular flexibility index (Phi) is 5.74. The molecule has 5 nitrogen and oxygen atoms in total. The van der Waals surface area contributed by atoms with E-state index in [2.05, 4.69) is 22.8 Å². The van der Waals surface area contributed by atoms with Gasteiger partial charge in [-0.25, -0.2) is 4.79 Å². The van der Waals surface area contributed by atoms with E-state index < -0.39 is 0 Å². The zero-order valence-corrected chi connectivity index (χ0v) is 14.2. The Morgan fingerprint density at radius 2 is 2.12 bits per heavy atom. The molecule has 1 saturated heterocycles. The highest BCUT2D eigenvalue weighted by atomic mass is 16.5. The summed E-state index contributed by atoms with van der Waals surface area (Å²) in [6.45, 7) is 1.71. The second-order valence-corrected chi connectivity index (χ2v) is 7.13. The monoisotopic (exact) mass is 332 g/mol. The molecule has 1 aliphatic carbocycles. The van der Waals surface area contributed by atoms with Gasteiger partial charge in [0.25, 0.3) is 0 Å². The number of carbonyl (C=O) groups is 1. The summed E-state index contributed by atoms with van der Waals surface area (Å²) in [5.74, 6) is 0.491. The number of aliphatic hydroxyl groups excluding tert-OH is 1. The number of aliphatic hydroxyl groups is 1. The highest BCUT2D eigenvalue weighted by Crippen LogP contribution is 2.35. The van der Waals surface area contributed by atoms with Crippen LogP contribution in [0.5, 0.6) is 0 Å². The Morgan fingerprint density at radius 3 is 2.71 bits per heavy atom. The first kappa shape index (κ1) is 17.2. The zero-order valence-electron chi connectivity index (χ0n) is 14.2. The molecular weight excluding hydrogens is 304 g/mol. The number of carbonyl (C=O) groups excluding carboxylic acids is 1. The first-order chi connectivity index (χ1) is 11.7. The van der Waals surface area contributed by atoms with Crippen molar-refractivity contribution in [3.8, 4) is 0 Å². The maximum Gasteiger partial charge on any atom is 0.315 e. The van der Waals surface area contributed by atoms with Gasteiger partial charge in [0.2, 0.25) is 0 Å². The molecule has 2 amide bonds. The third kappa shape index (κ3) is 4.28. The molecule has 0 radical (unpaired) electrons. The van der Waals surface area contributed by atoms with Crippen LogP contribution in [0, 0.1) is 5.92 Å². The van der Waals surface area contributed by atoms with E-state index >= 15 is 0 Å². The van der Waals surface area contributed by atoms with Crippen LogP contribution in [0.2, 0.25) is 0 Å². The number of ether oxygens (including phenoxy) is 1. The lowest BCUT2D eigenvalue weighted by Gasteiger charge is -2.42. The number of urea groups is 1. The number of hydrogen-bond donors (Lipinski definition) is 3. The summed E-state index contributed by atoms with van der Waals surface area (Å²) in [4.78, 5) is 12.5. The molecule has 1 heterocycles. The third-order valence-corrected chi connectivity index (χ3v) is 5.38. The first-order valence-electron chi connectivity index (χ1n) is 9.03. The molecule has 1 saturated carbocycles. The van der Waals surface area contributed by atoms with Gasteiger partial charge in [-0.3, -0.25) is 0 Å². The van der Waals surface area contributed by atoms with E-state index in [4.69, 9.17) is 4.74 Å². The molecule has 1 aliphatic heterocycles. The lowest BCUT2D eigenvalue weighted by atomic mass is 9.74. The molecule has 0 aromatic heterocycles. The van der Waals surface area contributed by atoms with Crippen LogP contribution in [0.3, 0.4) is 0 Å². The second kappa shape index (κ2) is 7.99. The zero-order chi connectivity index (χ0) is 16.8. The molecule has 24 heavy (non-hydrogen) atoms. The fourth-order valence-electron chi connectivity index (χ4n) is 3.76. The van der Waals surface area contributed by atoms with Crippen molar-refractivity contribution < 1.29 is 14.6 Å². The van der Waals surface area contributed by atoms with Crippen LogP contribution in [-0.2, 0) is 4.74 Å². The van der Waals surface area contributed by atoms with E-state index in [9.17, 15) is 9.90 Å². The normalized spacial score (nSPS) is 23.3. The van der Waals surface area contributed by atoms with Crippen molar-refractivity contribution in [3.63, 3.8) is 0 Å². The van der Waals surface area contributed by atoms with Gasteiger partial charge in [-0.05, 0) is 50.0 Å². The molecule has 3 N–H and O–H groups in total. The Labute approximate surface area is 143 Å². The number of nitrogens with one attached hydrogen (secondary N) is 2. The average molecular weight is 332 g/mol. The molecule has 132 valence electrons. The highest BCUT2D eigenvalue weighted by Gasteiger charge is 2.38. The topological polar surface area (TPSA) is 70.6 Å². The second-order valence-electron chi connectivity index (χ2n) is 7.13. The highest BCUT2D eigenvalue weighted by molar-refractivity contribution is 5.75. The molecular formula is C19H28N2O3. The van der Waals surface area contributed by atoms with Crippen LogP contribution in [0.1, 0.15) is 50.1 Å². The van der Waals surface area contributed by atoms with Gasteiger partial charge in [0.1, 0.15) is 0 Å². The van der Waals surface area contributed by atoms with Gasteiger partial charge >= 0.3 is 6.03 Å². The Hall–Kier alpha value is -1.59. The van der Waals surface area contributed by atoms with Gasteiger partial charge in [0, 0.05) is 25.4 Å². The summed E-state index contributed by atoms with van der Waals surface area (Å²) in [7, 11) is 0. The van der Waals surface area contributed by atoms with Crippen molar-refractivity contribution in [3.05, 3.63) is 35.9 Å². The van der Waals surface area contributed by atoms with Gasteiger partial charge in [-0.2, -0.15) is 0 Å². The van der Waals surface area contributed by atoms with Crippen LogP contribution < -0.4 is 10.6 Å². The fraction of sp³-hybridized carbons (Fsp3) is 0.632. The standard InChI is InChI=1S/C19H28N2O3/c22-11-10-19(8-4-9-19)21-18(23)20-17(13-15-7-12-24-14-15)16-5-2-1-3-6-16/h1-3,5-6,15,17,22H,4,7-14H2,(H2,20,21,23)/t15-,17-/m1/s1. The molecule has 2 atom stereocenters.